The van der Waals surface area contributed by atoms with E-state index in [1.165, 1.54) is 36.4 Å². The second-order valence-corrected chi connectivity index (χ2v) is 18.6. The van der Waals surface area contributed by atoms with Gasteiger partial charge in [-0.15, -0.1) is 9.97 Å². The Kier molecular flexibility index (Phi) is 11.7. The lowest BCUT2D eigenvalue weighted by Crippen LogP contribution is -2.16. The highest BCUT2D eigenvalue weighted by Crippen LogP contribution is 2.39. The Hall–Kier alpha value is -10.0. The molecule has 18 nitrogen and oxygen atoms in total. The lowest BCUT2D eigenvalue weighted by molar-refractivity contribution is 0.0465. The van der Waals surface area contributed by atoms with Crippen molar-refractivity contribution in [2.45, 2.75) is 13.2 Å². The first-order valence-corrected chi connectivity index (χ1v) is 25.2. The number of anilines is 2. The van der Waals surface area contributed by atoms with Gasteiger partial charge < -0.3 is 48.5 Å². The molecule has 10 aromatic carbocycles. The number of ether oxygens (including phenoxy) is 8. The Morgan fingerprint density at radius 2 is 0.744 bits per heavy atom. The normalized spacial score (nSPS) is 13.8. The zero-order valence-electron chi connectivity index (χ0n) is 41.3. The minimum absolute atomic E-state index is 0.0328. The van der Waals surface area contributed by atoms with E-state index in [0.717, 1.165) is 75.8 Å². The Morgan fingerprint density at radius 3 is 1.13 bits per heavy atom. The molecular formula is C60H42N8O10. The topological polar surface area (TPSA) is 209 Å². The SMILES string of the molecule is O=C(OCc1ccc2ccc3cccc4ccc1c2c34)c1cc2cc(c1)Oc1nc3nc(n1)Oc1cc(cc(C(=O)OCc4ccc5ccc6cccc7ccc4c5c67)c1)Oc1nc(nc(n1)O2)NCCOCCOCCN3. The quantitative estimate of drug-likeness (QED) is 0.0901. The molecule has 0 fully saturated rings. The highest BCUT2D eigenvalue weighted by Gasteiger charge is 2.22. The molecule has 0 atom stereocenters. The van der Waals surface area contributed by atoms with Crippen molar-refractivity contribution in [2.24, 2.45) is 0 Å². The third-order valence-corrected chi connectivity index (χ3v) is 13.6. The van der Waals surface area contributed by atoms with E-state index in [0.29, 0.717) is 13.2 Å². The molecule has 2 aromatic heterocycles. The standard InChI is InChI=1S/C60H42N8O10/c69-53(73-31-39-13-11-37-9-7-33-3-1-5-35-15-17-47(39)51(37)49(33)35)41-25-43-29-44(26-41)76-58-64-56-62-20-22-72-24-23-71-21-19-61-55-63-57(75-43)67-59(65-55)77-45-27-42(28-46(30-45)78-60(66-56)68-58)54(70)74-32-40-14-12-38-10-8-34-4-2-6-36-16-18-48(40)52(38)50(34)36/h1-18,25-30H,19-24,31-32H2,(H,61,63,65,67)(H,62,64,66,68). The number of esters is 2. The Labute approximate surface area is 442 Å². The summed E-state index contributed by atoms with van der Waals surface area (Å²) in [6, 6.07) is 45.2. The van der Waals surface area contributed by atoms with Crippen molar-refractivity contribution < 1.29 is 47.5 Å². The maximum Gasteiger partial charge on any atom is 0.338 e. The van der Waals surface area contributed by atoms with Crippen molar-refractivity contribution in [3.63, 3.8) is 0 Å². The van der Waals surface area contributed by atoms with Crippen molar-refractivity contribution in [1.29, 1.82) is 0 Å². The molecule has 0 spiro atoms. The number of nitrogens with one attached hydrogen (secondary N) is 2. The van der Waals surface area contributed by atoms with Crippen LogP contribution in [0.1, 0.15) is 31.8 Å². The predicted molar refractivity (Wildman–Crippen MR) is 290 cm³/mol. The van der Waals surface area contributed by atoms with E-state index in [9.17, 15) is 9.59 Å². The van der Waals surface area contributed by atoms with Gasteiger partial charge >= 0.3 is 36.0 Å². The van der Waals surface area contributed by atoms with Gasteiger partial charge in [-0.3, -0.25) is 0 Å². The molecule has 382 valence electrons. The fourth-order valence-electron chi connectivity index (χ4n) is 10.1. The van der Waals surface area contributed by atoms with Crippen LogP contribution in [0.15, 0.2) is 146 Å². The molecule has 0 saturated heterocycles. The molecule has 0 radical (unpaired) electrons. The number of nitrogens with zero attached hydrogens (tertiary/aromatic N) is 6. The summed E-state index contributed by atoms with van der Waals surface area (Å²) in [5.41, 5.74) is 1.79. The van der Waals surface area contributed by atoms with Crippen molar-refractivity contribution in [2.75, 3.05) is 50.2 Å². The second kappa shape index (κ2) is 19.6. The van der Waals surface area contributed by atoms with Gasteiger partial charge in [-0.25, -0.2) is 9.59 Å². The van der Waals surface area contributed by atoms with Gasteiger partial charge in [0.1, 0.15) is 36.2 Å². The molecule has 0 saturated carbocycles. The Balaban J connectivity index is 0.812. The number of hydrogen-bond acceptors (Lipinski definition) is 18. The van der Waals surface area contributed by atoms with Crippen molar-refractivity contribution in [3.8, 4) is 47.0 Å². The van der Waals surface area contributed by atoms with Crippen LogP contribution in [0.25, 0.3) is 64.6 Å². The molecule has 18 heteroatoms. The summed E-state index contributed by atoms with van der Waals surface area (Å²) in [6.07, 6.45) is 0. The third kappa shape index (κ3) is 9.09. The van der Waals surface area contributed by atoms with Crippen LogP contribution < -0.4 is 29.6 Å². The molecule has 0 unspecified atom stereocenters. The lowest BCUT2D eigenvalue weighted by Gasteiger charge is -2.16. The summed E-state index contributed by atoms with van der Waals surface area (Å²) in [5.74, 6) is -0.933. The molecule has 15 rings (SSSR count). The van der Waals surface area contributed by atoms with Crippen LogP contribution in [0.3, 0.4) is 0 Å². The molecule has 3 aliphatic heterocycles. The minimum atomic E-state index is -0.677. The zero-order chi connectivity index (χ0) is 52.1. The molecule has 12 aromatic rings. The maximum absolute atomic E-state index is 14.2. The van der Waals surface area contributed by atoms with Crippen LogP contribution in [-0.4, -0.2) is 81.4 Å². The third-order valence-electron chi connectivity index (χ3n) is 13.6. The van der Waals surface area contributed by atoms with Crippen LogP contribution in [0.2, 0.25) is 0 Å². The average Bonchev–Trinajstić information content (AvgIpc) is 3.53. The number of carbonyl (C=O) groups excluding carboxylic acids is 2. The molecule has 10 bridgehead atoms. The summed E-state index contributed by atoms with van der Waals surface area (Å²) in [5, 5.41) is 19.4. The fourth-order valence-corrected chi connectivity index (χ4v) is 10.1. The van der Waals surface area contributed by atoms with Crippen LogP contribution in [0, 0.1) is 0 Å². The van der Waals surface area contributed by atoms with E-state index < -0.39 is 11.9 Å². The van der Waals surface area contributed by atoms with Gasteiger partial charge in [0.15, 0.2) is 0 Å². The fraction of sp³-hybridized carbons (Fsp3) is 0.133. The Morgan fingerprint density at radius 1 is 0.397 bits per heavy atom. The van der Waals surface area contributed by atoms with Gasteiger partial charge in [0.25, 0.3) is 0 Å². The van der Waals surface area contributed by atoms with Crippen molar-refractivity contribution in [3.05, 3.63) is 168 Å². The molecular weight excluding hydrogens is 993 g/mol. The van der Waals surface area contributed by atoms with Crippen LogP contribution in [0.4, 0.5) is 11.9 Å². The lowest BCUT2D eigenvalue weighted by atomic mass is 9.92. The van der Waals surface area contributed by atoms with E-state index in [4.69, 9.17) is 37.9 Å². The number of benzene rings is 10. The zero-order valence-corrected chi connectivity index (χ0v) is 41.3. The molecule has 3 aliphatic rings. The molecule has 5 heterocycles. The van der Waals surface area contributed by atoms with Crippen LogP contribution in [-0.2, 0) is 32.2 Å². The number of fused-ring (bicyclic) bond motifs is 9. The summed E-state index contributed by atoms with van der Waals surface area (Å²) in [4.78, 5) is 55.6. The summed E-state index contributed by atoms with van der Waals surface area (Å²) in [7, 11) is 0. The average molecular weight is 1040 g/mol. The monoisotopic (exact) mass is 1030 g/mol. The van der Waals surface area contributed by atoms with Gasteiger partial charge in [0.2, 0.25) is 11.9 Å². The smallest absolute Gasteiger partial charge is 0.338 e. The summed E-state index contributed by atoms with van der Waals surface area (Å²) >= 11 is 0. The molecule has 0 aliphatic carbocycles. The van der Waals surface area contributed by atoms with Crippen molar-refractivity contribution >= 4 is 88.5 Å². The van der Waals surface area contributed by atoms with E-state index in [2.05, 4.69) is 113 Å². The number of carbonyl (C=O) groups is 2. The largest absolute Gasteiger partial charge is 0.457 e. The molecule has 0 amide bonds. The van der Waals surface area contributed by atoms with Crippen molar-refractivity contribution in [1.82, 2.24) is 29.9 Å². The second-order valence-electron chi connectivity index (χ2n) is 18.6. The first-order valence-electron chi connectivity index (χ1n) is 25.2. The molecule has 78 heavy (non-hydrogen) atoms. The van der Waals surface area contributed by atoms with E-state index in [-0.39, 0.29) is 110 Å². The molecule has 2 N–H and O–H groups in total. The van der Waals surface area contributed by atoms with Gasteiger partial charge in [0, 0.05) is 25.2 Å². The van der Waals surface area contributed by atoms with E-state index in [1.54, 1.807) is 0 Å². The Bertz CT molecular complexity index is 3940. The van der Waals surface area contributed by atoms with Gasteiger partial charge in [-0.2, -0.15) is 19.9 Å². The van der Waals surface area contributed by atoms with Gasteiger partial charge in [-0.1, -0.05) is 109 Å². The minimum Gasteiger partial charge on any atom is -0.457 e. The van der Waals surface area contributed by atoms with Gasteiger partial charge in [0.05, 0.1) is 37.6 Å². The van der Waals surface area contributed by atoms with Crippen LogP contribution >= 0.6 is 0 Å². The number of rotatable bonds is 6. The highest BCUT2D eigenvalue weighted by atomic mass is 16.5. The predicted octanol–water partition coefficient (Wildman–Crippen LogP) is 11.9. The summed E-state index contributed by atoms with van der Waals surface area (Å²) in [6.45, 7) is 1.68. The number of aromatic nitrogens is 6. The van der Waals surface area contributed by atoms with E-state index >= 15 is 0 Å². The number of hydrogen-bond donors (Lipinski definition) is 2. The van der Waals surface area contributed by atoms with E-state index in [1.807, 2.05) is 36.4 Å². The first-order chi connectivity index (χ1) is 38.4. The maximum atomic E-state index is 14.2. The van der Waals surface area contributed by atoms with Crippen LogP contribution in [0.5, 0.6) is 47.0 Å². The first kappa shape index (κ1) is 46.5. The van der Waals surface area contributed by atoms with Gasteiger partial charge in [-0.05, 0) is 100 Å². The summed E-state index contributed by atoms with van der Waals surface area (Å²) < 4.78 is 49.0. The highest BCUT2D eigenvalue weighted by molar-refractivity contribution is 6.24.